The van der Waals surface area contributed by atoms with Crippen LogP contribution < -0.4 is 10.6 Å². The maximum Gasteiger partial charge on any atom is 0.191 e. The first kappa shape index (κ1) is 19.6. The molecule has 5 nitrogen and oxygen atoms in total. The van der Waals surface area contributed by atoms with Crippen molar-refractivity contribution in [3.05, 3.63) is 23.2 Å². The summed E-state index contributed by atoms with van der Waals surface area (Å²) < 4.78 is 5.55. The third-order valence-electron chi connectivity index (χ3n) is 4.67. The molecule has 3 N–H and O–H groups in total. The van der Waals surface area contributed by atoms with E-state index in [-0.39, 0.29) is 12.0 Å². The summed E-state index contributed by atoms with van der Waals surface area (Å²) in [5.41, 5.74) is 1.24. The van der Waals surface area contributed by atoms with Gasteiger partial charge in [0.1, 0.15) is 11.5 Å². The maximum absolute atomic E-state index is 9.33. The van der Waals surface area contributed by atoms with Gasteiger partial charge in [-0.25, -0.2) is 4.99 Å². The predicted octanol–water partition coefficient (Wildman–Crippen LogP) is 3.14. The second-order valence-corrected chi connectivity index (χ2v) is 6.17. The minimum absolute atomic E-state index is 0.118. The Hall–Kier alpha value is -1.49. The van der Waals surface area contributed by atoms with Gasteiger partial charge in [0, 0.05) is 25.3 Å². The van der Waals surface area contributed by atoms with E-state index in [1.165, 1.54) is 0 Å². The molecule has 0 saturated heterocycles. The average Bonchev–Trinajstić information content (AvgIpc) is 2.86. The molecule has 0 unspecified atom stereocenters. The Balaban J connectivity index is 2.73. The first-order valence-electron chi connectivity index (χ1n) is 8.69. The Morgan fingerprint density at radius 2 is 1.91 bits per heavy atom. The van der Waals surface area contributed by atoms with E-state index in [0.717, 1.165) is 55.4 Å². The van der Waals surface area contributed by atoms with Gasteiger partial charge in [0.25, 0.3) is 0 Å². The zero-order chi connectivity index (χ0) is 17.3. The third kappa shape index (κ3) is 5.90. The average molecular weight is 323 g/mol. The molecular formula is C18H33N3O2. The van der Waals surface area contributed by atoms with Gasteiger partial charge in [-0.1, -0.05) is 13.8 Å². The standard InChI is InChI=1S/C18H33N3O2/c1-6-18(7-2,9-10-22)13-21-17(19-8-3)20-12-16-11-14(4)23-15(16)5/h11,22H,6-10,12-13H2,1-5H3,(H2,19,20,21). The minimum atomic E-state index is 0.118. The van der Waals surface area contributed by atoms with Gasteiger partial charge in [0.2, 0.25) is 0 Å². The Kier molecular flexibility index (Phi) is 8.17. The van der Waals surface area contributed by atoms with Gasteiger partial charge < -0.3 is 20.2 Å². The van der Waals surface area contributed by atoms with Gasteiger partial charge >= 0.3 is 0 Å². The molecule has 1 aromatic rings. The van der Waals surface area contributed by atoms with Gasteiger partial charge in [-0.2, -0.15) is 0 Å². The molecule has 0 aliphatic rings. The lowest BCUT2D eigenvalue weighted by Crippen LogP contribution is -2.43. The zero-order valence-corrected chi connectivity index (χ0v) is 15.3. The highest BCUT2D eigenvalue weighted by molar-refractivity contribution is 5.79. The van der Waals surface area contributed by atoms with E-state index in [0.29, 0.717) is 6.54 Å². The number of hydrogen-bond acceptors (Lipinski definition) is 3. The largest absolute Gasteiger partial charge is 0.466 e. The Labute approximate surface area is 140 Å². The first-order valence-corrected chi connectivity index (χ1v) is 8.69. The van der Waals surface area contributed by atoms with Gasteiger partial charge in [0.15, 0.2) is 5.96 Å². The number of aliphatic imine (C=N–C) groups is 1. The van der Waals surface area contributed by atoms with Crippen LogP contribution in [0, 0.1) is 19.3 Å². The van der Waals surface area contributed by atoms with E-state index in [2.05, 4.69) is 36.4 Å². The van der Waals surface area contributed by atoms with E-state index in [9.17, 15) is 5.11 Å². The summed E-state index contributed by atoms with van der Waals surface area (Å²) in [6, 6.07) is 2.04. The molecule has 5 heteroatoms. The molecule has 132 valence electrons. The van der Waals surface area contributed by atoms with Crippen LogP contribution in [0.2, 0.25) is 0 Å². The maximum atomic E-state index is 9.33. The molecular weight excluding hydrogens is 290 g/mol. The number of hydrogen-bond donors (Lipinski definition) is 3. The number of rotatable bonds is 9. The fourth-order valence-corrected chi connectivity index (χ4v) is 2.80. The number of aliphatic hydroxyl groups is 1. The molecule has 1 heterocycles. The lowest BCUT2D eigenvalue weighted by molar-refractivity contribution is 0.169. The molecule has 1 aromatic heterocycles. The molecule has 0 fully saturated rings. The molecule has 0 atom stereocenters. The van der Waals surface area contributed by atoms with E-state index in [1.54, 1.807) is 0 Å². The fourth-order valence-electron chi connectivity index (χ4n) is 2.80. The highest BCUT2D eigenvalue weighted by Crippen LogP contribution is 2.29. The van der Waals surface area contributed by atoms with Crippen LogP contribution in [0.4, 0.5) is 0 Å². The number of aliphatic hydroxyl groups excluding tert-OH is 1. The number of nitrogens with zero attached hydrogens (tertiary/aromatic N) is 1. The van der Waals surface area contributed by atoms with Crippen LogP contribution in [-0.4, -0.2) is 30.8 Å². The van der Waals surface area contributed by atoms with Crippen molar-refractivity contribution in [3.8, 4) is 0 Å². The summed E-state index contributed by atoms with van der Waals surface area (Å²) in [5, 5.41) is 16.1. The third-order valence-corrected chi connectivity index (χ3v) is 4.67. The van der Waals surface area contributed by atoms with Gasteiger partial charge in [0.05, 0.1) is 6.54 Å². The summed E-state index contributed by atoms with van der Waals surface area (Å²) in [6.45, 7) is 12.8. The van der Waals surface area contributed by atoms with Crippen LogP contribution in [0.15, 0.2) is 15.5 Å². The Morgan fingerprint density at radius 3 is 2.39 bits per heavy atom. The van der Waals surface area contributed by atoms with Crippen LogP contribution in [0.25, 0.3) is 0 Å². The van der Waals surface area contributed by atoms with Crippen LogP contribution >= 0.6 is 0 Å². The molecule has 1 rings (SSSR count). The SMILES string of the molecule is CCNC(=NCc1cc(C)oc1C)NCC(CC)(CC)CCO. The van der Waals surface area contributed by atoms with E-state index < -0.39 is 0 Å². The van der Waals surface area contributed by atoms with Crippen molar-refractivity contribution >= 4 is 5.96 Å². The lowest BCUT2D eigenvalue weighted by Gasteiger charge is -2.32. The van der Waals surface area contributed by atoms with Gasteiger partial charge in [-0.3, -0.25) is 0 Å². The smallest absolute Gasteiger partial charge is 0.191 e. The van der Waals surface area contributed by atoms with Crippen molar-refractivity contribution in [3.63, 3.8) is 0 Å². The fraction of sp³-hybridized carbons (Fsp3) is 0.722. The van der Waals surface area contributed by atoms with Crippen LogP contribution in [-0.2, 0) is 6.54 Å². The predicted molar refractivity (Wildman–Crippen MR) is 95.7 cm³/mol. The Morgan fingerprint density at radius 1 is 1.22 bits per heavy atom. The van der Waals surface area contributed by atoms with E-state index >= 15 is 0 Å². The molecule has 0 radical (unpaired) electrons. The van der Waals surface area contributed by atoms with E-state index in [4.69, 9.17) is 4.42 Å². The zero-order valence-electron chi connectivity index (χ0n) is 15.3. The normalized spacial score (nSPS) is 12.5. The highest BCUT2D eigenvalue weighted by atomic mass is 16.3. The molecule has 0 aliphatic carbocycles. The molecule has 0 spiro atoms. The van der Waals surface area contributed by atoms with Crippen LogP contribution in [0.5, 0.6) is 0 Å². The summed E-state index contributed by atoms with van der Waals surface area (Å²) in [6.07, 6.45) is 2.89. The number of guanidine groups is 1. The van der Waals surface area contributed by atoms with Crippen molar-refractivity contribution in [2.24, 2.45) is 10.4 Å². The summed E-state index contributed by atoms with van der Waals surface area (Å²) in [7, 11) is 0. The summed E-state index contributed by atoms with van der Waals surface area (Å²) >= 11 is 0. The number of aryl methyl sites for hydroxylation is 2. The van der Waals surface area contributed by atoms with Gasteiger partial charge in [-0.15, -0.1) is 0 Å². The summed E-state index contributed by atoms with van der Waals surface area (Å²) in [5.74, 6) is 2.67. The number of nitrogens with one attached hydrogen (secondary N) is 2. The highest BCUT2D eigenvalue weighted by Gasteiger charge is 2.25. The van der Waals surface area contributed by atoms with Crippen molar-refractivity contribution < 1.29 is 9.52 Å². The monoisotopic (exact) mass is 323 g/mol. The molecule has 0 amide bonds. The summed E-state index contributed by atoms with van der Waals surface area (Å²) in [4.78, 5) is 4.66. The molecule has 0 bridgehead atoms. The van der Waals surface area contributed by atoms with Crippen molar-refractivity contribution in [2.75, 3.05) is 19.7 Å². The second-order valence-electron chi connectivity index (χ2n) is 6.17. The molecule has 0 aromatic carbocycles. The Bertz CT molecular complexity index is 490. The minimum Gasteiger partial charge on any atom is -0.466 e. The molecule has 0 saturated carbocycles. The van der Waals surface area contributed by atoms with Gasteiger partial charge in [-0.05, 0) is 51.5 Å². The van der Waals surface area contributed by atoms with Crippen molar-refractivity contribution in [1.82, 2.24) is 10.6 Å². The first-order chi connectivity index (χ1) is 11.0. The topological polar surface area (TPSA) is 69.8 Å². The van der Waals surface area contributed by atoms with E-state index in [1.807, 2.05) is 19.9 Å². The van der Waals surface area contributed by atoms with Crippen molar-refractivity contribution in [2.45, 2.75) is 60.4 Å². The van der Waals surface area contributed by atoms with Crippen LogP contribution in [0.1, 0.15) is 57.1 Å². The number of furan rings is 1. The lowest BCUT2D eigenvalue weighted by atomic mass is 9.79. The molecule has 23 heavy (non-hydrogen) atoms. The quantitative estimate of drug-likeness (QED) is 0.482. The molecule has 0 aliphatic heterocycles. The van der Waals surface area contributed by atoms with Crippen molar-refractivity contribution in [1.29, 1.82) is 0 Å². The van der Waals surface area contributed by atoms with Crippen LogP contribution in [0.3, 0.4) is 0 Å². The second kappa shape index (κ2) is 9.60.